The van der Waals surface area contributed by atoms with E-state index in [0.717, 1.165) is 0 Å². The Morgan fingerprint density at radius 2 is 1.95 bits per heavy atom. The van der Waals surface area contributed by atoms with Gasteiger partial charge in [0.05, 0.1) is 5.56 Å². The Hall–Kier alpha value is -2.71. The van der Waals surface area contributed by atoms with E-state index in [0.29, 0.717) is 24.4 Å². The quantitative estimate of drug-likeness (QED) is 0.834. The van der Waals surface area contributed by atoms with Crippen LogP contribution in [0.4, 0.5) is 17.6 Å². The lowest BCUT2D eigenvalue weighted by Crippen LogP contribution is -2.19. The van der Waals surface area contributed by atoms with Gasteiger partial charge in [-0.2, -0.15) is 13.2 Å². The number of carboxylic acids is 1. The van der Waals surface area contributed by atoms with Gasteiger partial charge in [-0.25, -0.2) is 14.2 Å². The Kier molecular flexibility index (Phi) is 3.50. The van der Waals surface area contributed by atoms with Gasteiger partial charge in [-0.05, 0) is 18.2 Å². The summed E-state index contributed by atoms with van der Waals surface area (Å²) in [5, 5.41) is 8.66. The molecule has 9 heteroatoms. The van der Waals surface area contributed by atoms with Gasteiger partial charge in [-0.15, -0.1) is 0 Å². The molecule has 0 aliphatic heterocycles. The summed E-state index contributed by atoms with van der Waals surface area (Å²) >= 11 is 0. The largest absolute Gasteiger partial charge is 0.477 e. The predicted octanol–water partition coefficient (Wildman–Crippen LogP) is 2.29. The maximum atomic E-state index is 13.1. The average Bonchev–Trinajstić information content (AvgIpc) is 2.36. The molecule has 0 saturated heterocycles. The molecular formula is C12H6F4N2O3. The van der Waals surface area contributed by atoms with Gasteiger partial charge in [0.25, 0.3) is 5.56 Å². The molecule has 110 valence electrons. The fourth-order valence-corrected chi connectivity index (χ4v) is 1.64. The number of aromatic carboxylic acids is 1. The number of aromatic nitrogens is 2. The molecule has 0 radical (unpaired) electrons. The summed E-state index contributed by atoms with van der Waals surface area (Å²) in [5.41, 5.74) is -3.75. The normalized spacial score (nSPS) is 11.4. The highest BCUT2D eigenvalue weighted by atomic mass is 19.4. The molecule has 21 heavy (non-hydrogen) atoms. The Balaban J connectivity index is 2.67. The van der Waals surface area contributed by atoms with Gasteiger partial charge in [0.1, 0.15) is 17.2 Å². The van der Waals surface area contributed by atoms with E-state index in [4.69, 9.17) is 5.11 Å². The molecule has 2 rings (SSSR count). The third-order valence-corrected chi connectivity index (χ3v) is 2.57. The number of H-pyrrole nitrogens is 1. The Labute approximate surface area is 113 Å². The van der Waals surface area contributed by atoms with E-state index in [9.17, 15) is 27.2 Å². The molecule has 1 aromatic carbocycles. The molecule has 0 spiro atoms. The lowest BCUT2D eigenvalue weighted by Gasteiger charge is -2.12. The van der Waals surface area contributed by atoms with Crippen LogP contribution >= 0.6 is 0 Å². The van der Waals surface area contributed by atoms with Crippen molar-refractivity contribution >= 4 is 5.97 Å². The zero-order chi connectivity index (χ0) is 15.8. The minimum Gasteiger partial charge on any atom is -0.477 e. The second-order valence-corrected chi connectivity index (χ2v) is 3.97. The van der Waals surface area contributed by atoms with Crippen LogP contribution in [0.2, 0.25) is 0 Å². The molecule has 2 N–H and O–H groups in total. The van der Waals surface area contributed by atoms with Crippen LogP contribution < -0.4 is 5.56 Å². The SMILES string of the molecule is O=C(O)c1cnc(-c2cc(F)ccc2C(F)(F)F)[nH]c1=O. The lowest BCUT2D eigenvalue weighted by atomic mass is 10.1. The zero-order valence-corrected chi connectivity index (χ0v) is 10.0. The van der Waals surface area contributed by atoms with E-state index in [1.54, 1.807) is 0 Å². The maximum Gasteiger partial charge on any atom is 0.417 e. The number of carbonyl (C=O) groups is 1. The van der Waals surface area contributed by atoms with Gasteiger partial charge in [0.2, 0.25) is 0 Å². The number of benzene rings is 1. The molecule has 1 heterocycles. The standard InChI is InChI=1S/C12H6F4N2O3/c13-5-1-2-8(12(14,15)16)6(3-5)9-17-4-7(11(20)21)10(19)18-9/h1-4H,(H,20,21)(H,17,18,19). The molecule has 0 aliphatic carbocycles. The van der Waals surface area contributed by atoms with Crippen molar-refractivity contribution in [2.45, 2.75) is 6.18 Å². The number of hydrogen-bond donors (Lipinski definition) is 2. The molecule has 0 unspecified atom stereocenters. The van der Waals surface area contributed by atoms with Gasteiger partial charge in [0.15, 0.2) is 0 Å². The van der Waals surface area contributed by atoms with Gasteiger partial charge in [-0.1, -0.05) is 0 Å². The van der Waals surface area contributed by atoms with Crippen LogP contribution in [0.3, 0.4) is 0 Å². The molecule has 0 amide bonds. The summed E-state index contributed by atoms with van der Waals surface area (Å²) in [7, 11) is 0. The molecule has 0 atom stereocenters. The number of nitrogens with zero attached hydrogens (tertiary/aromatic N) is 1. The van der Waals surface area contributed by atoms with Crippen molar-refractivity contribution in [2.24, 2.45) is 0 Å². The first-order valence-corrected chi connectivity index (χ1v) is 5.40. The van der Waals surface area contributed by atoms with Crippen LogP contribution in [0.15, 0.2) is 29.2 Å². The number of halogens is 4. The average molecular weight is 302 g/mol. The van der Waals surface area contributed by atoms with E-state index < -0.39 is 46.0 Å². The molecule has 0 aliphatic rings. The van der Waals surface area contributed by atoms with E-state index in [1.807, 2.05) is 4.98 Å². The van der Waals surface area contributed by atoms with Crippen LogP contribution in [-0.4, -0.2) is 21.0 Å². The Bertz CT molecular complexity index is 768. The Morgan fingerprint density at radius 3 is 2.48 bits per heavy atom. The molecule has 5 nitrogen and oxygen atoms in total. The molecular weight excluding hydrogens is 296 g/mol. The fourth-order valence-electron chi connectivity index (χ4n) is 1.64. The summed E-state index contributed by atoms with van der Waals surface area (Å²) in [6.45, 7) is 0. The number of hydrogen-bond acceptors (Lipinski definition) is 3. The molecule has 0 saturated carbocycles. The zero-order valence-electron chi connectivity index (χ0n) is 10.0. The van der Waals surface area contributed by atoms with Gasteiger partial charge in [0, 0.05) is 11.8 Å². The molecule has 1 aromatic heterocycles. The van der Waals surface area contributed by atoms with E-state index in [-0.39, 0.29) is 0 Å². The van der Waals surface area contributed by atoms with Gasteiger partial charge >= 0.3 is 12.1 Å². The summed E-state index contributed by atoms with van der Waals surface area (Å²) in [6.07, 6.45) is -4.17. The smallest absolute Gasteiger partial charge is 0.417 e. The topological polar surface area (TPSA) is 83.0 Å². The van der Waals surface area contributed by atoms with Crippen molar-refractivity contribution in [1.29, 1.82) is 0 Å². The fraction of sp³-hybridized carbons (Fsp3) is 0.0833. The summed E-state index contributed by atoms with van der Waals surface area (Å²) < 4.78 is 51.7. The van der Waals surface area contributed by atoms with Crippen molar-refractivity contribution in [3.8, 4) is 11.4 Å². The molecule has 0 fully saturated rings. The Morgan fingerprint density at radius 1 is 1.29 bits per heavy atom. The van der Waals surface area contributed by atoms with Crippen LogP contribution in [-0.2, 0) is 6.18 Å². The van der Waals surface area contributed by atoms with E-state index in [1.165, 1.54) is 0 Å². The number of nitrogens with one attached hydrogen (secondary N) is 1. The van der Waals surface area contributed by atoms with Crippen molar-refractivity contribution in [1.82, 2.24) is 9.97 Å². The van der Waals surface area contributed by atoms with Crippen LogP contribution in [0.5, 0.6) is 0 Å². The number of alkyl halides is 3. The summed E-state index contributed by atoms with van der Waals surface area (Å²) in [6, 6.07) is 1.69. The van der Waals surface area contributed by atoms with Crippen molar-refractivity contribution in [3.05, 3.63) is 51.7 Å². The molecule has 0 bridgehead atoms. The van der Waals surface area contributed by atoms with Crippen LogP contribution in [0.25, 0.3) is 11.4 Å². The predicted molar refractivity (Wildman–Crippen MR) is 62.2 cm³/mol. The summed E-state index contributed by atoms with van der Waals surface area (Å²) in [4.78, 5) is 27.4. The number of carboxylic acid groups (broad SMARTS) is 1. The van der Waals surface area contributed by atoms with Crippen molar-refractivity contribution < 1.29 is 27.5 Å². The lowest BCUT2D eigenvalue weighted by molar-refractivity contribution is -0.137. The first-order chi connectivity index (χ1) is 9.70. The number of rotatable bonds is 2. The van der Waals surface area contributed by atoms with Crippen LogP contribution in [0, 0.1) is 5.82 Å². The molecule has 2 aromatic rings. The second kappa shape index (κ2) is 5.00. The third kappa shape index (κ3) is 2.91. The maximum absolute atomic E-state index is 13.1. The minimum absolute atomic E-state index is 0.510. The first-order valence-electron chi connectivity index (χ1n) is 5.40. The highest BCUT2D eigenvalue weighted by Gasteiger charge is 2.34. The number of aromatic amines is 1. The van der Waals surface area contributed by atoms with E-state index >= 15 is 0 Å². The second-order valence-electron chi connectivity index (χ2n) is 3.97. The van der Waals surface area contributed by atoms with Gasteiger partial charge in [-0.3, -0.25) is 4.79 Å². The third-order valence-electron chi connectivity index (χ3n) is 2.57. The van der Waals surface area contributed by atoms with Crippen molar-refractivity contribution in [2.75, 3.05) is 0 Å². The van der Waals surface area contributed by atoms with E-state index in [2.05, 4.69) is 4.98 Å². The minimum atomic E-state index is -4.78. The van der Waals surface area contributed by atoms with Crippen LogP contribution in [0.1, 0.15) is 15.9 Å². The monoisotopic (exact) mass is 302 g/mol. The van der Waals surface area contributed by atoms with Gasteiger partial charge < -0.3 is 10.1 Å². The first kappa shape index (κ1) is 14.7. The van der Waals surface area contributed by atoms with Crippen molar-refractivity contribution in [3.63, 3.8) is 0 Å². The summed E-state index contributed by atoms with van der Waals surface area (Å²) in [5.74, 6) is -3.11. The highest BCUT2D eigenvalue weighted by molar-refractivity contribution is 5.86. The highest BCUT2D eigenvalue weighted by Crippen LogP contribution is 2.35.